The van der Waals surface area contributed by atoms with Crippen molar-refractivity contribution in [3.63, 3.8) is 0 Å². The summed E-state index contributed by atoms with van der Waals surface area (Å²) in [6, 6.07) is -0.965. The standard InChI is InChI=1S/C6H8BrNO3/c7-4-1-2-6(9)5(3-4)8(10)11/h4-5H,1-3H2. The van der Waals surface area contributed by atoms with E-state index in [1.54, 1.807) is 0 Å². The first-order valence-corrected chi connectivity index (χ1v) is 4.33. The number of rotatable bonds is 1. The van der Waals surface area contributed by atoms with E-state index in [-0.39, 0.29) is 10.6 Å². The van der Waals surface area contributed by atoms with E-state index in [1.807, 2.05) is 0 Å². The van der Waals surface area contributed by atoms with Gasteiger partial charge in [-0.25, -0.2) is 0 Å². The van der Waals surface area contributed by atoms with Crippen molar-refractivity contribution in [2.24, 2.45) is 0 Å². The summed E-state index contributed by atoms with van der Waals surface area (Å²) in [6.07, 6.45) is 1.40. The lowest BCUT2D eigenvalue weighted by Gasteiger charge is -2.17. The molecule has 1 saturated carbocycles. The summed E-state index contributed by atoms with van der Waals surface area (Å²) in [7, 11) is 0. The van der Waals surface area contributed by atoms with Gasteiger partial charge in [0.1, 0.15) is 0 Å². The summed E-state index contributed by atoms with van der Waals surface area (Å²) in [6.45, 7) is 0. The highest BCUT2D eigenvalue weighted by molar-refractivity contribution is 9.09. The Bertz CT molecular complexity index is 194. The van der Waals surface area contributed by atoms with Gasteiger partial charge in [-0.1, -0.05) is 15.9 Å². The molecule has 0 aromatic rings. The van der Waals surface area contributed by atoms with Crippen LogP contribution in [0.4, 0.5) is 0 Å². The summed E-state index contributed by atoms with van der Waals surface area (Å²) >= 11 is 3.27. The van der Waals surface area contributed by atoms with E-state index in [9.17, 15) is 14.9 Å². The van der Waals surface area contributed by atoms with Crippen LogP contribution >= 0.6 is 15.9 Å². The zero-order chi connectivity index (χ0) is 8.43. The monoisotopic (exact) mass is 221 g/mol. The Labute approximate surface area is 72.2 Å². The molecule has 1 aliphatic rings. The van der Waals surface area contributed by atoms with Crippen LogP contribution in [0.3, 0.4) is 0 Å². The first-order chi connectivity index (χ1) is 5.11. The van der Waals surface area contributed by atoms with E-state index in [2.05, 4.69) is 15.9 Å². The van der Waals surface area contributed by atoms with Crippen molar-refractivity contribution >= 4 is 21.7 Å². The third kappa shape index (κ3) is 1.99. The molecule has 0 N–H and O–H groups in total. The molecule has 0 aliphatic heterocycles. The molecule has 0 spiro atoms. The molecule has 0 bridgehead atoms. The molecular formula is C6H8BrNO3. The van der Waals surface area contributed by atoms with E-state index < -0.39 is 11.0 Å². The van der Waals surface area contributed by atoms with Gasteiger partial charge in [-0.3, -0.25) is 14.9 Å². The fraction of sp³-hybridized carbons (Fsp3) is 0.833. The lowest BCUT2D eigenvalue weighted by atomic mass is 9.95. The van der Waals surface area contributed by atoms with Crippen LogP contribution in [0.25, 0.3) is 0 Å². The number of Topliss-reactive ketones (excluding diaryl/α,β-unsaturated/α-hetero) is 1. The van der Waals surface area contributed by atoms with E-state index in [0.29, 0.717) is 12.8 Å². The smallest absolute Gasteiger partial charge is 0.271 e. The van der Waals surface area contributed by atoms with Crippen LogP contribution in [0.1, 0.15) is 19.3 Å². The van der Waals surface area contributed by atoms with Gasteiger partial charge in [0.05, 0.1) is 0 Å². The van der Waals surface area contributed by atoms with Crippen molar-refractivity contribution in [2.45, 2.75) is 30.1 Å². The average Bonchev–Trinajstić information content (AvgIpc) is 1.94. The van der Waals surface area contributed by atoms with E-state index >= 15 is 0 Å². The first-order valence-electron chi connectivity index (χ1n) is 3.41. The summed E-state index contributed by atoms with van der Waals surface area (Å²) in [4.78, 5) is 20.8. The number of nitro groups is 1. The summed E-state index contributed by atoms with van der Waals surface area (Å²) in [5.74, 6) is -0.231. The predicted octanol–water partition coefficient (Wildman–Crippen LogP) is 1.15. The zero-order valence-electron chi connectivity index (χ0n) is 5.83. The molecule has 1 fully saturated rings. The SMILES string of the molecule is O=C1CCC(Br)CC1[N+](=O)[O-]. The Morgan fingerprint density at radius 3 is 2.73 bits per heavy atom. The van der Waals surface area contributed by atoms with Crippen LogP contribution in [0.5, 0.6) is 0 Å². The molecule has 62 valence electrons. The predicted molar refractivity (Wildman–Crippen MR) is 42.4 cm³/mol. The molecule has 0 amide bonds. The number of hydrogen-bond acceptors (Lipinski definition) is 3. The minimum atomic E-state index is -0.965. The molecule has 0 aromatic carbocycles. The molecule has 11 heavy (non-hydrogen) atoms. The molecule has 1 aliphatic carbocycles. The molecule has 2 atom stereocenters. The van der Waals surface area contributed by atoms with Crippen molar-refractivity contribution in [2.75, 3.05) is 0 Å². The molecule has 0 aromatic heterocycles. The second-order valence-corrected chi connectivity index (χ2v) is 3.93. The van der Waals surface area contributed by atoms with Gasteiger partial charge < -0.3 is 0 Å². The maximum Gasteiger partial charge on any atom is 0.271 e. The van der Waals surface area contributed by atoms with Crippen LogP contribution in [0, 0.1) is 10.1 Å². The number of alkyl halides is 1. The maximum absolute atomic E-state index is 10.9. The fourth-order valence-corrected chi connectivity index (χ4v) is 1.74. The Morgan fingerprint density at radius 1 is 1.64 bits per heavy atom. The lowest BCUT2D eigenvalue weighted by Crippen LogP contribution is -2.36. The van der Waals surface area contributed by atoms with Gasteiger partial charge in [-0.05, 0) is 6.42 Å². The molecule has 0 radical (unpaired) electrons. The van der Waals surface area contributed by atoms with E-state index in [0.717, 1.165) is 6.42 Å². The van der Waals surface area contributed by atoms with Crippen LogP contribution in [-0.4, -0.2) is 21.6 Å². The number of ketones is 1. The number of carbonyl (C=O) groups is 1. The van der Waals surface area contributed by atoms with Crippen LogP contribution in [0.2, 0.25) is 0 Å². The third-order valence-corrected chi connectivity index (χ3v) is 2.64. The third-order valence-electron chi connectivity index (χ3n) is 1.81. The highest BCUT2D eigenvalue weighted by Crippen LogP contribution is 2.23. The maximum atomic E-state index is 10.9. The summed E-state index contributed by atoms with van der Waals surface area (Å²) < 4.78 is 0. The van der Waals surface area contributed by atoms with Crippen molar-refractivity contribution in [3.8, 4) is 0 Å². The number of carbonyl (C=O) groups excluding carboxylic acids is 1. The normalized spacial score (nSPS) is 31.9. The number of nitrogens with zero attached hydrogens (tertiary/aromatic N) is 1. The van der Waals surface area contributed by atoms with Gasteiger partial charge in [-0.15, -0.1) is 0 Å². The molecular weight excluding hydrogens is 214 g/mol. The highest BCUT2D eigenvalue weighted by atomic mass is 79.9. The molecule has 0 heterocycles. The van der Waals surface area contributed by atoms with E-state index in [1.165, 1.54) is 0 Å². The van der Waals surface area contributed by atoms with Gasteiger partial charge in [0.2, 0.25) is 5.78 Å². The topological polar surface area (TPSA) is 60.2 Å². The first kappa shape index (κ1) is 8.64. The number of hydrogen-bond donors (Lipinski definition) is 0. The van der Waals surface area contributed by atoms with Crippen molar-refractivity contribution in [1.29, 1.82) is 0 Å². The number of halogens is 1. The van der Waals surface area contributed by atoms with Gasteiger partial charge in [0.15, 0.2) is 0 Å². The highest BCUT2D eigenvalue weighted by Gasteiger charge is 2.35. The second-order valence-electron chi connectivity index (χ2n) is 2.64. The minimum Gasteiger partial charge on any atom is -0.292 e. The van der Waals surface area contributed by atoms with Crippen LogP contribution in [-0.2, 0) is 4.79 Å². The Hall–Kier alpha value is -0.450. The molecule has 1 rings (SSSR count). The van der Waals surface area contributed by atoms with Gasteiger partial charge in [0, 0.05) is 22.6 Å². The lowest BCUT2D eigenvalue weighted by molar-refractivity contribution is -0.509. The largest absolute Gasteiger partial charge is 0.292 e. The summed E-state index contributed by atoms with van der Waals surface area (Å²) in [5, 5.41) is 10.3. The molecule has 4 nitrogen and oxygen atoms in total. The van der Waals surface area contributed by atoms with Crippen molar-refractivity contribution < 1.29 is 9.72 Å². The van der Waals surface area contributed by atoms with Gasteiger partial charge >= 0.3 is 0 Å². The van der Waals surface area contributed by atoms with Crippen LogP contribution in [0.15, 0.2) is 0 Å². The quantitative estimate of drug-likeness (QED) is 0.379. The van der Waals surface area contributed by atoms with Gasteiger partial charge in [-0.2, -0.15) is 0 Å². The van der Waals surface area contributed by atoms with Gasteiger partial charge in [0.25, 0.3) is 6.04 Å². The van der Waals surface area contributed by atoms with Crippen molar-refractivity contribution in [1.82, 2.24) is 0 Å². The molecule has 0 saturated heterocycles. The Balaban J connectivity index is 2.61. The minimum absolute atomic E-state index is 0.135. The van der Waals surface area contributed by atoms with Crippen molar-refractivity contribution in [3.05, 3.63) is 10.1 Å². The molecule has 5 heteroatoms. The van der Waals surface area contributed by atoms with Crippen LogP contribution < -0.4 is 0 Å². The fourth-order valence-electron chi connectivity index (χ4n) is 1.16. The second kappa shape index (κ2) is 3.30. The average molecular weight is 222 g/mol. The van der Waals surface area contributed by atoms with E-state index in [4.69, 9.17) is 0 Å². The zero-order valence-corrected chi connectivity index (χ0v) is 7.41. The summed E-state index contributed by atoms with van der Waals surface area (Å²) in [5.41, 5.74) is 0. The Morgan fingerprint density at radius 2 is 2.27 bits per heavy atom. The molecule has 2 unspecified atom stereocenters. The Kier molecular flexibility index (Phi) is 2.59.